The molecule has 3 aromatic rings. The first-order chi connectivity index (χ1) is 14.7. The van der Waals surface area contributed by atoms with Gasteiger partial charge in [0.25, 0.3) is 5.91 Å². The van der Waals surface area contributed by atoms with Gasteiger partial charge in [-0.3, -0.25) is 4.79 Å². The summed E-state index contributed by atoms with van der Waals surface area (Å²) in [5, 5.41) is 13.3. The first-order valence-corrected chi connectivity index (χ1v) is 9.96. The number of ether oxygens (including phenoxy) is 2. The third-order valence-corrected chi connectivity index (χ3v) is 5.06. The molecule has 0 radical (unpaired) electrons. The first-order valence-electron chi connectivity index (χ1n) is 9.96. The fraction of sp³-hybridized carbons (Fsp3) is 0.250. The summed E-state index contributed by atoms with van der Waals surface area (Å²) in [6.45, 7) is 1.07. The zero-order valence-corrected chi connectivity index (χ0v) is 16.8. The second-order valence-corrected chi connectivity index (χ2v) is 7.21. The third kappa shape index (κ3) is 4.31. The highest BCUT2D eigenvalue weighted by atomic mass is 16.5. The number of benzene rings is 2. The Hall–Kier alpha value is -3.72. The lowest BCUT2D eigenvalue weighted by Gasteiger charge is -2.11. The molecule has 1 saturated carbocycles. The van der Waals surface area contributed by atoms with Crippen LogP contribution in [0.25, 0.3) is 17.0 Å². The van der Waals surface area contributed by atoms with Crippen molar-refractivity contribution >= 4 is 22.9 Å². The minimum Gasteiger partial charge on any atom is -0.493 e. The Bertz CT molecular complexity index is 1140. The summed E-state index contributed by atoms with van der Waals surface area (Å²) in [7, 11) is 1.62. The Kier molecular flexibility index (Phi) is 5.71. The molecule has 1 fully saturated rings. The number of nitrogens with one attached hydrogen (secondary N) is 1. The Morgan fingerprint density at radius 3 is 2.67 bits per heavy atom. The van der Waals surface area contributed by atoms with Crippen LogP contribution in [0.3, 0.4) is 0 Å². The molecule has 0 spiro atoms. The highest BCUT2D eigenvalue weighted by Gasteiger charge is 2.25. The van der Waals surface area contributed by atoms with E-state index in [0.29, 0.717) is 24.7 Å². The van der Waals surface area contributed by atoms with E-state index >= 15 is 0 Å². The Labute approximate surface area is 175 Å². The lowest BCUT2D eigenvalue weighted by molar-refractivity contribution is -0.117. The van der Waals surface area contributed by atoms with Crippen LogP contribution < -0.4 is 14.8 Å². The van der Waals surface area contributed by atoms with Gasteiger partial charge in [0.2, 0.25) is 0 Å². The minimum absolute atomic E-state index is 0.120. The fourth-order valence-corrected chi connectivity index (χ4v) is 3.36. The molecule has 30 heavy (non-hydrogen) atoms. The number of carbonyl (C=O) groups excluding carboxylic acids is 1. The molecule has 0 atom stereocenters. The normalized spacial score (nSPS) is 13.7. The molecule has 2 aromatic carbocycles. The molecule has 1 N–H and O–H groups in total. The van der Waals surface area contributed by atoms with E-state index in [-0.39, 0.29) is 17.5 Å². The van der Waals surface area contributed by atoms with Crippen molar-refractivity contribution < 1.29 is 14.3 Å². The van der Waals surface area contributed by atoms with Crippen LogP contribution in [0.15, 0.2) is 60.3 Å². The molecule has 0 aliphatic heterocycles. The molecule has 6 heteroatoms. The number of nitriles is 1. The third-order valence-electron chi connectivity index (χ3n) is 5.06. The topological polar surface area (TPSA) is 76.3 Å². The van der Waals surface area contributed by atoms with Crippen molar-refractivity contribution in [2.24, 2.45) is 0 Å². The number of carbonyl (C=O) groups is 1. The highest BCUT2D eigenvalue weighted by molar-refractivity contribution is 6.04. The average Bonchev–Trinajstić information content (AvgIpc) is 3.53. The Morgan fingerprint density at radius 2 is 1.93 bits per heavy atom. The van der Waals surface area contributed by atoms with Gasteiger partial charge in [-0.1, -0.05) is 30.3 Å². The molecule has 152 valence electrons. The van der Waals surface area contributed by atoms with Gasteiger partial charge in [-0.2, -0.15) is 5.26 Å². The predicted octanol–water partition coefficient (Wildman–Crippen LogP) is 3.91. The van der Waals surface area contributed by atoms with Crippen molar-refractivity contribution in [1.82, 2.24) is 9.88 Å². The largest absolute Gasteiger partial charge is 0.493 e. The van der Waals surface area contributed by atoms with Crippen molar-refractivity contribution in [3.05, 3.63) is 65.9 Å². The molecule has 1 heterocycles. The van der Waals surface area contributed by atoms with Gasteiger partial charge in [0, 0.05) is 28.7 Å². The standard InChI is InChI=1S/C24H23N3O3/c1-29-22-8-4-5-9-23(22)30-13-12-27-16-18(20-6-2-3-7-21(20)27)14-17(15-25)24(28)26-19-10-11-19/h2-9,14,16,19H,10-13H2,1H3,(H,26,28). The van der Waals surface area contributed by atoms with Gasteiger partial charge in [-0.25, -0.2) is 0 Å². The van der Waals surface area contributed by atoms with Crippen LogP contribution in [-0.4, -0.2) is 30.2 Å². The van der Waals surface area contributed by atoms with E-state index in [9.17, 15) is 10.1 Å². The number of amides is 1. The SMILES string of the molecule is COc1ccccc1OCCn1cc(C=C(C#N)C(=O)NC2CC2)c2ccccc21. The van der Waals surface area contributed by atoms with Gasteiger partial charge >= 0.3 is 0 Å². The maximum absolute atomic E-state index is 12.3. The van der Waals surface area contributed by atoms with E-state index in [1.54, 1.807) is 13.2 Å². The lowest BCUT2D eigenvalue weighted by atomic mass is 10.1. The molecule has 6 nitrogen and oxygen atoms in total. The number of fused-ring (bicyclic) bond motifs is 1. The number of para-hydroxylation sites is 3. The molecule has 1 aliphatic rings. The van der Waals surface area contributed by atoms with Gasteiger partial charge in [0.1, 0.15) is 18.2 Å². The highest BCUT2D eigenvalue weighted by Crippen LogP contribution is 2.27. The smallest absolute Gasteiger partial charge is 0.262 e. The van der Waals surface area contributed by atoms with E-state index in [4.69, 9.17) is 9.47 Å². The van der Waals surface area contributed by atoms with Crippen molar-refractivity contribution in [3.8, 4) is 17.6 Å². The first kappa shape index (κ1) is 19.6. The lowest BCUT2D eigenvalue weighted by Crippen LogP contribution is -2.26. The maximum Gasteiger partial charge on any atom is 0.262 e. The van der Waals surface area contributed by atoms with Crippen molar-refractivity contribution in [2.75, 3.05) is 13.7 Å². The summed E-state index contributed by atoms with van der Waals surface area (Å²) >= 11 is 0. The van der Waals surface area contributed by atoms with Crippen LogP contribution in [0, 0.1) is 11.3 Å². The van der Waals surface area contributed by atoms with Crippen LogP contribution in [-0.2, 0) is 11.3 Å². The quantitative estimate of drug-likeness (QED) is 0.459. The number of hydrogen-bond acceptors (Lipinski definition) is 4. The van der Waals surface area contributed by atoms with Crippen molar-refractivity contribution in [1.29, 1.82) is 5.26 Å². The Morgan fingerprint density at radius 1 is 1.20 bits per heavy atom. The van der Waals surface area contributed by atoms with Crippen LogP contribution in [0.2, 0.25) is 0 Å². The second-order valence-electron chi connectivity index (χ2n) is 7.21. The zero-order chi connectivity index (χ0) is 20.9. The summed E-state index contributed by atoms with van der Waals surface area (Å²) in [4.78, 5) is 12.3. The molecule has 0 bridgehead atoms. The number of rotatable bonds is 8. The van der Waals surface area contributed by atoms with Gasteiger partial charge in [0.15, 0.2) is 11.5 Å². The van der Waals surface area contributed by atoms with Gasteiger partial charge in [0.05, 0.1) is 13.7 Å². The number of nitrogens with zero attached hydrogens (tertiary/aromatic N) is 2. The fourth-order valence-electron chi connectivity index (χ4n) is 3.36. The molecule has 0 unspecified atom stereocenters. The summed E-state index contributed by atoms with van der Waals surface area (Å²) < 4.78 is 13.3. The molecule has 1 aromatic heterocycles. The molecular formula is C24H23N3O3. The maximum atomic E-state index is 12.3. The van der Waals surface area contributed by atoms with Crippen LogP contribution in [0.4, 0.5) is 0 Å². The summed E-state index contributed by atoms with van der Waals surface area (Å²) in [5.74, 6) is 1.08. The molecule has 0 saturated heterocycles. The monoisotopic (exact) mass is 401 g/mol. The van der Waals surface area contributed by atoms with E-state index in [0.717, 1.165) is 29.3 Å². The van der Waals surface area contributed by atoms with Gasteiger partial charge < -0.3 is 19.4 Å². The van der Waals surface area contributed by atoms with E-state index in [2.05, 4.69) is 9.88 Å². The molecule has 4 rings (SSSR count). The molecular weight excluding hydrogens is 378 g/mol. The summed E-state index contributed by atoms with van der Waals surface area (Å²) in [5.41, 5.74) is 1.98. The van der Waals surface area contributed by atoms with Crippen LogP contribution in [0.1, 0.15) is 18.4 Å². The van der Waals surface area contributed by atoms with Crippen LogP contribution >= 0.6 is 0 Å². The second kappa shape index (κ2) is 8.75. The average molecular weight is 401 g/mol. The molecule has 1 aliphatic carbocycles. The van der Waals surface area contributed by atoms with E-state index in [1.165, 1.54) is 0 Å². The van der Waals surface area contributed by atoms with E-state index < -0.39 is 0 Å². The number of aromatic nitrogens is 1. The zero-order valence-electron chi connectivity index (χ0n) is 16.8. The number of methoxy groups -OCH3 is 1. The van der Waals surface area contributed by atoms with E-state index in [1.807, 2.05) is 60.8 Å². The summed E-state index contributed by atoms with van der Waals surface area (Å²) in [6, 6.07) is 17.7. The minimum atomic E-state index is -0.309. The van der Waals surface area contributed by atoms with Gasteiger partial charge in [-0.15, -0.1) is 0 Å². The van der Waals surface area contributed by atoms with Gasteiger partial charge in [-0.05, 0) is 37.1 Å². The summed E-state index contributed by atoms with van der Waals surface area (Å²) in [6.07, 6.45) is 5.58. The van der Waals surface area contributed by atoms with Crippen LogP contribution in [0.5, 0.6) is 11.5 Å². The predicted molar refractivity (Wildman–Crippen MR) is 115 cm³/mol. The Balaban J connectivity index is 1.55. The number of hydrogen-bond donors (Lipinski definition) is 1. The van der Waals surface area contributed by atoms with Crippen molar-refractivity contribution in [3.63, 3.8) is 0 Å². The molecule has 1 amide bonds. The van der Waals surface area contributed by atoms with Crippen molar-refractivity contribution in [2.45, 2.75) is 25.4 Å².